The van der Waals surface area contributed by atoms with E-state index in [-0.39, 0.29) is 11.3 Å². The van der Waals surface area contributed by atoms with Gasteiger partial charge in [-0.2, -0.15) is 0 Å². The molecule has 37 heavy (non-hydrogen) atoms. The summed E-state index contributed by atoms with van der Waals surface area (Å²) in [6.07, 6.45) is 2.98. The summed E-state index contributed by atoms with van der Waals surface area (Å²) in [5.41, 5.74) is 1.39. The molecule has 0 radical (unpaired) electrons. The zero-order chi connectivity index (χ0) is 26.7. The van der Waals surface area contributed by atoms with E-state index in [1.165, 1.54) is 23.9 Å². The van der Waals surface area contributed by atoms with Gasteiger partial charge in [-0.3, -0.25) is 19.5 Å². The summed E-state index contributed by atoms with van der Waals surface area (Å²) in [6.45, 7) is 6.20. The summed E-state index contributed by atoms with van der Waals surface area (Å²) < 4.78 is 18.1. The molecule has 0 bridgehead atoms. The summed E-state index contributed by atoms with van der Waals surface area (Å²) in [6, 6.07) is 9.18. The van der Waals surface area contributed by atoms with E-state index in [1.54, 1.807) is 43.3 Å². The molecule has 1 aliphatic heterocycles. The van der Waals surface area contributed by atoms with Crippen LogP contribution in [0.2, 0.25) is 0 Å². The van der Waals surface area contributed by atoms with Crippen molar-refractivity contribution in [2.24, 2.45) is 4.99 Å². The minimum absolute atomic E-state index is 0.0368. The molecule has 0 fully saturated rings. The zero-order valence-electron chi connectivity index (χ0n) is 20.7. The van der Waals surface area contributed by atoms with E-state index in [1.807, 2.05) is 13.8 Å². The predicted molar refractivity (Wildman–Crippen MR) is 138 cm³/mol. The Hall–Kier alpha value is -4.25. The van der Waals surface area contributed by atoms with Crippen LogP contribution < -0.4 is 24.4 Å². The van der Waals surface area contributed by atoms with Crippen molar-refractivity contribution in [1.82, 2.24) is 4.57 Å². The number of ether oxygens (including phenoxy) is 3. The van der Waals surface area contributed by atoms with Crippen LogP contribution in [0.15, 0.2) is 58.0 Å². The SMILES string of the molecule is CCOc1ccc([C@H]2C(C(=O)OC)=CN=c3s/c(=C\c4ccc(C)c([N+](=O)[O-])c4)c(=O)n32)cc1OCC. The van der Waals surface area contributed by atoms with Crippen LogP contribution in [-0.4, -0.2) is 35.8 Å². The fraction of sp³-hybridized carbons (Fsp3) is 0.269. The van der Waals surface area contributed by atoms with Crippen LogP contribution in [0.5, 0.6) is 11.5 Å². The Morgan fingerprint density at radius 2 is 1.89 bits per heavy atom. The van der Waals surface area contributed by atoms with Gasteiger partial charge in [0.05, 0.1) is 41.4 Å². The number of carbonyl (C=O) groups is 1. The van der Waals surface area contributed by atoms with Gasteiger partial charge in [-0.25, -0.2) is 9.79 Å². The van der Waals surface area contributed by atoms with Crippen LogP contribution in [-0.2, 0) is 9.53 Å². The van der Waals surface area contributed by atoms with Gasteiger partial charge in [0, 0.05) is 17.8 Å². The number of rotatable bonds is 8. The number of nitro benzene ring substituents is 1. The third kappa shape index (κ3) is 5.03. The first-order valence-corrected chi connectivity index (χ1v) is 12.3. The maximum Gasteiger partial charge on any atom is 0.337 e. The highest BCUT2D eigenvalue weighted by atomic mass is 32.1. The highest BCUT2D eigenvalue weighted by Crippen LogP contribution is 2.35. The molecule has 0 aliphatic carbocycles. The average molecular weight is 524 g/mol. The lowest BCUT2D eigenvalue weighted by molar-refractivity contribution is -0.385. The van der Waals surface area contributed by atoms with Crippen LogP contribution in [0.3, 0.4) is 0 Å². The summed E-state index contributed by atoms with van der Waals surface area (Å²) in [7, 11) is 1.26. The molecule has 11 heteroatoms. The van der Waals surface area contributed by atoms with Gasteiger partial charge < -0.3 is 14.2 Å². The molecule has 0 unspecified atom stereocenters. The smallest absolute Gasteiger partial charge is 0.337 e. The van der Waals surface area contributed by atoms with Crippen molar-refractivity contribution < 1.29 is 23.9 Å². The molecule has 4 rings (SSSR count). The Kier molecular flexibility index (Phi) is 7.53. The van der Waals surface area contributed by atoms with Crippen molar-refractivity contribution >= 4 is 29.1 Å². The van der Waals surface area contributed by atoms with E-state index < -0.39 is 22.5 Å². The molecule has 0 saturated heterocycles. The largest absolute Gasteiger partial charge is 0.490 e. The number of benzene rings is 2. The van der Waals surface area contributed by atoms with E-state index in [2.05, 4.69) is 4.99 Å². The first-order valence-electron chi connectivity index (χ1n) is 11.5. The maximum atomic E-state index is 13.6. The third-order valence-corrected chi connectivity index (χ3v) is 6.73. The molecule has 1 aliphatic rings. The number of hydrogen-bond acceptors (Lipinski definition) is 9. The number of hydrogen-bond donors (Lipinski definition) is 0. The number of aromatic nitrogens is 1. The standard InChI is InChI=1S/C26H25N3O7S/c1-5-35-20-10-9-17(13-21(20)36-6-2)23-18(25(31)34-4)14-27-26-28(23)24(30)22(37-26)12-16-8-7-15(3)19(11-16)29(32)33/h7-14,23H,5-6H2,1-4H3/b22-12-/t23-/m0/s1. The fourth-order valence-electron chi connectivity index (χ4n) is 4.05. The molecular weight excluding hydrogens is 498 g/mol. The summed E-state index contributed by atoms with van der Waals surface area (Å²) >= 11 is 1.13. The van der Waals surface area contributed by atoms with E-state index in [0.717, 1.165) is 11.3 Å². The van der Waals surface area contributed by atoms with Crippen LogP contribution in [0.4, 0.5) is 5.69 Å². The van der Waals surface area contributed by atoms with Gasteiger partial charge in [-0.1, -0.05) is 29.5 Å². The lowest BCUT2D eigenvalue weighted by Crippen LogP contribution is -2.39. The van der Waals surface area contributed by atoms with Crippen LogP contribution in [0.25, 0.3) is 6.08 Å². The number of methoxy groups -OCH3 is 1. The molecule has 2 heterocycles. The van der Waals surface area contributed by atoms with Gasteiger partial charge in [0.25, 0.3) is 11.2 Å². The van der Waals surface area contributed by atoms with Crippen molar-refractivity contribution in [3.63, 3.8) is 0 Å². The van der Waals surface area contributed by atoms with Crippen molar-refractivity contribution in [1.29, 1.82) is 0 Å². The zero-order valence-corrected chi connectivity index (χ0v) is 21.5. The number of thiazole rings is 1. The Bertz CT molecular complexity index is 1590. The van der Waals surface area contributed by atoms with Crippen molar-refractivity contribution in [2.75, 3.05) is 20.3 Å². The van der Waals surface area contributed by atoms with Gasteiger partial charge in [0.1, 0.15) is 0 Å². The Labute approximate surface area is 215 Å². The van der Waals surface area contributed by atoms with Crippen molar-refractivity contribution in [3.05, 3.63) is 94.7 Å². The van der Waals surface area contributed by atoms with E-state index >= 15 is 0 Å². The Balaban J connectivity index is 1.90. The molecule has 0 spiro atoms. The number of carbonyl (C=O) groups excluding carboxylic acids is 1. The van der Waals surface area contributed by atoms with Gasteiger partial charge >= 0.3 is 5.97 Å². The molecule has 0 saturated carbocycles. The number of nitro groups is 1. The van der Waals surface area contributed by atoms with Gasteiger partial charge in [0.2, 0.25) is 0 Å². The Morgan fingerprint density at radius 3 is 2.57 bits per heavy atom. The number of aryl methyl sites for hydroxylation is 1. The molecule has 1 atom stereocenters. The normalized spacial score (nSPS) is 14.9. The second-order valence-electron chi connectivity index (χ2n) is 8.05. The first-order chi connectivity index (χ1) is 17.8. The lowest BCUT2D eigenvalue weighted by Gasteiger charge is -2.23. The average Bonchev–Trinajstić information content (AvgIpc) is 3.20. The maximum absolute atomic E-state index is 13.6. The topological polar surface area (TPSA) is 122 Å². The predicted octanol–water partition coefficient (Wildman–Crippen LogP) is 3.03. The monoisotopic (exact) mass is 523 g/mol. The molecule has 2 aromatic carbocycles. The third-order valence-electron chi connectivity index (χ3n) is 5.74. The minimum Gasteiger partial charge on any atom is -0.490 e. The van der Waals surface area contributed by atoms with E-state index in [9.17, 15) is 19.7 Å². The second kappa shape index (κ2) is 10.8. The van der Waals surface area contributed by atoms with Gasteiger partial charge in [0.15, 0.2) is 16.3 Å². The minimum atomic E-state index is -0.826. The van der Waals surface area contributed by atoms with Crippen LogP contribution in [0, 0.1) is 17.0 Å². The summed E-state index contributed by atoms with van der Waals surface area (Å²) in [5, 5.41) is 11.4. The van der Waals surface area contributed by atoms with E-state index in [0.29, 0.717) is 50.7 Å². The first kappa shape index (κ1) is 25.8. The molecule has 3 aromatic rings. The highest BCUT2D eigenvalue weighted by molar-refractivity contribution is 7.07. The van der Waals surface area contributed by atoms with Crippen molar-refractivity contribution in [2.45, 2.75) is 26.8 Å². The lowest BCUT2D eigenvalue weighted by atomic mass is 9.97. The van der Waals surface area contributed by atoms with Crippen LogP contribution >= 0.6 is 11.3 Å². The number of nitrogens with zero attached hydrogens (tertiary/aromatic N) is 3. The molecular formula is C26H25N3O7S. The van der Waals surface area contributed by atoms with Crippen molar-refractivity contribution in [3.8, 4) is 11.5 Å². The molecule has 10 nitrogen and oxygen atoms in total. The highest BCUT2D eigenvalue weighted by Gasteiger charge is 2.31. The molecule has 192 valence electrons. The van der Waals surface area contributed by atoms with E-state index in [4.69, 9.17) is 14.2 Å². The number of fused-ring (bicyclic) bond motifs is 1. The number of esters is 1. The Morgan fingerprint density at radius 1 is 1.16 bits per heavy atom. The summed E-state index contributed by atoms with van der Waals surface area (Å²) in [5.74, 6) is 0.409. The van der Waals surface area contributed by atoms with Gasteiger partial charge in [-0.05, 0) is 50.1 Å². The molecule has 1 aromatic heterocycles. The summed E-state index contributed by atoms with van der Waals surface area (Å²) in [4.78, 5) is 42.0. The fourth-order valence-corrected chi connectivity index (χ4v) is 5.02. The molecule has 0 N–H and O–H groups in total. The quantitative estimate of drug-likeness (QED) is 0.253. The second-order valence-corrected chi connectivity index (χ2v) is 9.06. The van der Waals surface area contributed by atoms with Gasteiger partial charge in [-0.15, -0.1) is 0 Å². The van der Waals surface area contributed by atoms with Crippen LogP contribution in [0.1, 0.15) is 36.6 Å². The molecule has 0 amide bonds.